The summed E-state index contributed by atoms with van der Waals surface area (Å²) >= 11 is 0. The van der Waals surface area contributed by atoms with E-state index in [2.05, 4.69) is 43.4 Å². The van der Waals surface area contributed by atoms with E-state index in [9.17, 15) is 0 Å². The number of rotatable bonds is 8. The van der Waals surface area contributed by atoms with Crippen LogP contribution in [0.5, 0.6) is 0 Å². The molecular weight excluding hydrogens is 208 g/mol. The Morgan fingerprint density at radius 2 is 1.76 bits per heavy atom. The van der Waals surface area contributed by atoms with Crippen LogP contribution in [0.15, 0.2) is 24.3 Å². The first-order chi connectivity index (χ1) is 8.31. The van der Waals surface area contributed by atoms with Gasteiger partial charge in [0.05, 0.1) is 0 Å². The van der Waals surface area contributed by atoms with Crippen molar-refractivity contribution in [2.24, 2.45) is 11.7 Å². The van der Waals surface area contributed by atoms with Crippen molar-refractivity contribution in [1.82, 2.24) is 5.32 Å². The molecule has 0 unspecified atom stereocenters. The third kappa shape index (κ3) is 4.88. The van der Waals surface area contributed by atoms with Gasteiger partial charge in [0.1, 0.15) is 0 Å². The molecule has 0 atom stereocenters. The highest BCUT2D eigenvalue weighted by molar-refractivity contribution is 5.27. The molecule has 1 aromatic carbocycles. The van der Waals surface area contributed by atoms with Gasteiger partial charge in [0, 0.05) is 6.54 Å². The molecule has 2 nitrogen and oxygen atoms in total. The summed E-state index contributed by atoms with van der Waals surface area (Å²) in [6, 6.07) is 8.58. The minimum atomic E-state index is 0.726. The maximum absolute atomic E-state index is 5.63. The van der Waals surface area contributed by atoms with E-state index in [1.54, 1.807) is 0 Å². The Labute approximate surface area is 106 Å². The number of hydrogen-bond donors (Lipinski definition) is 2. The van der Waals surface area contributed by atoms with E-state index in [0.717, 1.165) is 32.0 Å². The van der Waals surface area contributed by atoms with Gasteiger partial charge >= 0.3 is 0 Å². The molecule has 17 heavy (non-hydrogen) atoms. The van der Waals surface area contributed by atoms with Gasteiger partial charge in [-0.2, -0.15) is 0 Å². The highest BCUT2D eigenvalue weighted by atomic mass is 14.9. The largest absolute Gasteiger partial charge is 0.330 e. The lowest BCUT2D eigenvalue weighted by molar-refractivity contribution is 0.449. The second kappa shape index (κ2) is 8.26. The second-order valence-corrected chi connectivity index (χ2v) is 4.62. The van der Waals surface area contributed by atoms with Gasteiger partial charge in [-0.3, -0.25) is 0 Å². The van der Waals surface area contributed by atoms with Crippen LogP contribution in [0.4, 0.5) is 0 Å². The summed E-state index contributed by atoms with van der Waals surface area (Å²) in [6.07, 6.45) is 3.49. The fourth-order valence-electron chi connectivity index (χ4n) is 2.12. The molecule has 3 N–H and O–H groups in total. The lowest BCUT2D eigenvalue weighted by Crippen LogP contribution is -2.22. The lowest BCUT2D eigenvalue weighted by Gasteiger charge is -2.14. The Hall–Kier alpha value is -0.860. The zero-order chi connectivity index (χ0) is 12.5. The number of hydrogen-bond acceptors (Lipinski definition) is 2. The van der Waals surface area contributed by atoms with Crippen molar-refractivity contribution in [2.45, 2.75) is 39.7 Å². The van der Waals surface area contributed by atoms with Crippen LogP contribution in [0.1, 0.15) is 37.8 Å². The molecule has 1 aromatic rings. The molecule has 0 saturated carbocycles. The topological polar surface area (TPSA) is 38.0 Å². The monoisotopic (exact) mass is 234 g/mol. The normalized spacial score (nSPS) is 11.1. The summed E-state index contributed by atoms with van der Waals surface area (Å²) in [6.45, 7) is 7.33. The maximum atomic E-state index is 5.63. The first-order valence-electron chi connectivity index (χ1n) is 6.79. The Morgan fingerprint density at radius 3 is 2.35 bits per heavy atom. The molecule has 0 aromatic heterocycles. The SMILES string of the molecule is CCC(CC)CNCc1ccccc1CCN. The quantitative estimate of drug-likeness (QED) is 0.726. The molecule has 0 fully saturated rings. The molecule has 0 amide bonds. The molecular formula is C15H26N2. The zero-order valence-electron chi connectivity index (χ0n) is 11.2. The van der Waals surface area contributed by atoms with Crippen molar-refractivity contribution in [2.75, 3.05) is 13.1 Å². The maximum Gasteiger partial charge on any atom is 0.0208 e. The van der Waals surface area contributed by atoms with Crippen molar-refractivity contribution in [3.05, 3.63) is 35.4 Å². The number of benzene rings is 1. The van der Waals surface area contributed by atoms with Crippen LogP contribution in [0.25, 0.3) is 0 Å². The Bertz CT molecular complexity index is 306. The van der Waals surface area contributed by atoms with Crippen LogP contribution in [0, 0.1) is 5.92 Å². The molecule has 2 heteroatoms. The summed E-state index contributed by atoms with van der Waals surface area (Å²) in [5.74, 6) is 0.802. The Morgan fingerprint density at radius 1 is 1.12 bits per heavy atom. The van der Waals surface area contributed by atoms with Gasteiger partial charge in [0.15, 0.2) is 0 Å². The minimum Gasteiger partial charge on any atom is -0.330 e. The molecule has 0 spiro atoms. The average molecular weight is 234 g/mol. The smallest absolute Gasteiger partial charge is 0.0208 e. The summed E-state index contributed by atoms with van der Waals surface area (Å²) in [5.41, 5.74) is 8.40. The van der Waals surface area contributed by atoms with Gasteiger partial charge in [-0.05, 0) is 36.6 Å². The highest BCUT2D eigenvalue weighted by Crippen LogP contribution is 2.10. The number of nitrogens with two attached hydrogens (primary N) is 1. The fourth-order valence-corrected chi connectivity index (χ4v) is 2.12. The van der Waals surface area contributed by atoms with Crippen LogP contribution in [-0.2, 0) is 13.0 Å². The van der Waals surface area contributed by atoms with E-state index in [1.807, 2.05) is 0 Å². The molecule has 0 bridgehead atoms. The Kier molecular flexibility index (Phi) is 6.90. The first-order valence-corrected chi connectivity index (χ1v) is 6.79. The van der Waals surface area contributed by atoms with E-state index in [1.165, 1.54) is 24.0 Å². The van der Waals surface area contributed by atoms with Gasteiger partial charge in [-0.25, -0.2) is 0 Å². The third-order valence-corrected chi connectivity index (χ3v) is 3.44. The fraction of sp³-hybridized carbons (Fsp3) is 0.600. The molecule has 0 saturated heterocycles. The van der Waals surface area contributed by atoms with Crippen LogP contribution < -0.4 is 11.1 Å². The minimum absolute atomic E-state index is 0.726. The molecule has 0 aliphatic carbocycles. The second-order valence-electron chi connectivity index (χ2n) is 4.62. The molecule has 0 aliphatic rings. The van der Waals surface area contributed by atoms with Gasteiger partial charge in [-0.1, -0.05) is 51.0 Å². The van der Waals surface area contributed by atoms with Crippen molar-refractivity contribution < 1.29 is 0 Å². The first kappa shape index (κ1) is 14.2. The standard InChI is InChI=1S/C15H26N2/c1-3-13(4-2)11-17-12-15-8-6-5-7-14(15)9-10-16/h5-8,13,17H,3-4,9-12,16H2,1-2H3. The lowest BCUT2D eigenvalue weighted by atomic mass is 10.0. The van der Waals surface area contributed by atoms with Crippen LogP contribution in [0.2, 0.25) is 0 Å². The third-order valence-electron chi connectivity index (χ3n) is 3.44. The summed E-state index contributed by atoms with van der Waals surface area (Å²) in [4.78, 5) is 0. The van der Waals surface area contributed by atoms with Crippen molar-refractivity contribution in [1.29, 1.82) is 0 Å². The highest BCUT2D eigenvalue weighted by Gasteiger charge is 2.04. The van der Waals surface area contributed by atoms with Gasteiger partial charge < -0.3 is 11.1 Å². The predicted octanol–water partition coefficient (Wildman–Crippen LogP) is 2.71. The van der Waals surface area contributed by atoms with Gasteiger partial charge in [0.2, 0.25) is 0 Å². The summed E-state index contributed by atoms with van der Waals surface area (Å²) < 4.78 is 0. The predicted molar refractivity (Wildman–Crippen MR) is 75.0 cm³/mol. The molecule has 0 aliphatic heterocycles. The summed E-state index contributed by atoms with van der Waals surface area (Å²) in [7, 11) is 0. The van der Waals surface area contributed by atoms with E-state index in [4.69, 9.17) is 5.73 Å². The van der Waals surface area contributed by atoms with Crippen LogP contribution in [0.3, 0.4) is 0 Å². The van der Waals surface area contributed by atoms with Crippen LogP contribution in [-0.4, -0.2) is 13.1 Å². The van der Waals surface area contributed by atoms with E-state index < -0.39 is 0 Å². The van der Waals surface area contributed by atoms with Gasteiger partial charge in [0.25, 0.3) is 0 Å². The van der Waals surface area contributed by atoms with Crippen LogP contribution >= 0.6 is 0 Å². The average Bonchev–Trinajstić information content (AvgIpc) is 2.37. The van der Waals surface area contributed by atoms with E-state index in [-0.39, 0.29) is 0 Å². The van der Waals surface area contributed by atoms with Crippen molar-refractivity contribution in [3.8, 4) is 0 Å². The van der Waals surface area contributed by atoms with Crippen molar-refractivity contribution >= 4 is 0 Å². The Balaban J connectivity index is 2.45. The molecule has 96 valence electrons. The molecule has 0 heterocycles. The van der Waals surface area contributed by atoms with E-state index in [0.29, 0.717) is 0 Å². The molecule has 0 radical (unpaired) electrons. The zero-order valence-corrected chi connectivity index (χ0v) is 11.2. The van der Waals surface area contributed by atoms with Crippen molar-refractivity contribution in [3.63, 3.8) is 0 Å². The summed E-state index contributed by atoms with van der Waals surface area (Å²) in [5, 5.41) is 3.56. The van der Waals surface area contributed by atoms with E-state index >= 15 is 0 Å². The number of nitrogens with one attached hydrogen (secondary N) is 1. The van der Waals surface area contributed by atoms with Gasteiger partial charge in [-0.15, -0.1) is 0 Å². The molecule has 1 rings (SSSR count).